The summed E-state index contributed by atoms with van der Waals surface area (Å²) in [5.74, 6) is 1.30. The minimum Gasteiger partial charge on any atom is -0.494 e. The van der Waals surface area contributed by atoms with E-state index in [0.717, 1.165) is 22.6 Å². The van der Waals surface area contributed by atoms with Gasteiger partial charge in [0.15, 0.2) is 6.61 Å². The second kappa shape index (κ2) is 7.50. The summed E-state index contributed by atoms with van der Waals surface area (Å²) in [5, 5.41) is 2.81. The van der Waals surface area contributed by atoms with Crippen LogP contribution in [0.5, 0.6) is 11.5 Å². The maximum absolute atomic E-state index is 12.0. The van der Waals surface area contributed by atoms with E-state index < -0.39 is 0 Å². The molecule has 0 fully saturated rings. The van der Waals surface area contributed by atoms with Gasteiger partial charge in [-0.3, -0.25) is 4.79 Å². The van der Waals surface area contributed by atoms with Gasteiger partial charge in [0.2, 0.25) is 0 Å². The highest BCUT2D eigenvalue weighted by atomic mass is 16.5. The minimum absolute atomic E-state index is 0.0233. The van der Waals surface area contributed by atoms with Crippen molar-refractivity contribution >= 4 is 11.6 Å². The van der Waals surface area contributed by atoms with E-state index in [-0.39, 0.29) is 12.5 Å². The minimum atomic E-state index is -0.198. The lowest BCUT2D eigenvalue weighted by atomic mass is 10.1. The van der Waals surface area contributed by atoms with E-state index in [0.29, 0.717) is 12.3 Å². The van der Waals surface area contributed by atoms with Gasteiger partial charge in [-0.1, -0.05) is 24.3 Å². The summed E-state index contributed by atoms with van der Waals surface area (Å²) in [7, 11) is 0. The van der Waals surface area contributed by atoms with Crippen LogP contribution in [0.15, 0.2) is 42.5 Å². The summed E-state index contributed by atoms with van der Waals surface area (Å²) in [6, 6.07) is 13.2. The molecule has 4 nitrogen and oxygen atoms in total. The molecule has 2 rings (SSSR count). The Balaban J connectivity index is 1.94. The van der Waals surface area contributed by atoms with Crippen LogP contribution < -0.4 is 14.8 Å². The fourth-order valence-corrected chi connectivity index (χ4v) is 2.19. The van der Waals surface area contributed by atoms with Gasteiger partial charge in [0.05, 0.1) is 6.61 Å². The molecule has 0 saturated heterocycles. The predicted molar refractivity (Wildman–Crippen MR) is 87.7 cm³/mol. The number of ether oxygens (including phenoxy) is 2. The predicted octanol–water partition coefficient (Wildman–Crippen LogP) is 3.72. The molecule has 22 heavy (non-hydrogen) atoms. The fraction of sp³-hybridized carbons (Fsp3) is 0.278. The second-order valence-corrected chi connectivity index (χ2v) is 5.02. The number of para-hydroxylation sites is 1. The summed E-state index contributed by atoms with van der Waals surface area (Å²) in [6.45, 7) is 6.42. The van der Waals surface area contributed by atoms with Gasteiger partial charge in [-0.25, -0.2) is 0 Å². The molecule has 0 spiro atoms. The number of benzene rings is 2. The van der Waals surface area contributed by atoms with Crippen molar-refractivity contribution in [3.8, 4) is 11.5 Å². The van der Waals surface area contributed by atoms with Crippen LogP contribution in [-0.2, 0) is 4.79 Å². The van der Waals surface area contributed by atoms with Crippen molar-refractivity contribution in [2.45, 2.75) is 20.8 Å². The van der Waals surface area contributed by atoms with Crippen LogP contribution in [0.1, 0.15) is 18.1 Å². The number of rotatable bonds is 6. The molecule has 0 bridgehead atoms. The van der Waals surface area contributed by atoms with Gasteiger partial charge in [-0.05, 0) is 44.0 Å². The average molecular weight is 299 g/mol. The third-order valence-corrected chi connectivity index (χ3v) is 3.19. The Morgan fingerprint density at radius 2 is 1.73 bits per heavy atom. The van der Waals surface area contributed by atoms with E-state index in [4.69, 9.17) is 9.47 Å². The van der Waals surface area contributed by atoms with E-state index in [1.54, 1.807) is 6.07 Å². The molecule has 0 radical (unpaired) electrons. The Kier molecular flexibility index (Phi) is 5.42. The Labute approximate surface area is 131 Å². The smallest absolute Gasteiger partial charge is 0.262 e. The van der Waals surface area contributed by atoms with Gasteiger partial charge >= 0.3 is 0 Å². The molecule has 0 atom stereocenters. The monoisotopic (exact) mass is 299 g/mol. The largest absolute Gasteiger partial charge is 0.494 e. The summed E-state index contributed by atoms with van der Waals surface area (Å²) in [6.07, 6.45) is 0. The van der Waals surface area contributed by atoms with Gasteiger partial charge in [0, 0.05) is 11.8 Å². The first kappa shape index (κ1) is 15.9. The van der Waals surface area contributed by atoms with Crippen LogP contribution in [0, 0.1) is 13.8 Å². The SMILES string of the molecule is CCOc1cccc(NC(=O)COc2c(C)cccc2C)c1. The molecule has 0 aliphatic carbocycles. The summed E-state index contributed by atoms with van der Waals surface area (Å²) >= 11 is 0. The number of carbonyl (C=O) groups excluding carboxylic acids is 1. The van der Waals surface area contributed by atoms with E-state index in [1.165, 1.54) is 0 Å². The number of carbonyl (C=O) groups is 1. The van der Waals surface area contributed by atoms with Crippen molar-refractivity contribution in [2.24, 2.45) is 0 Å². The van der Waals surface area contributed by atoms with E-state index >= 15 is 0 Å². The zero-order chi connectivity index (χ0) is 15.9. The first-order chi connectivity index (χ1) is 10.6. The van der Waals surface area contributed by atoms with Crippen molar-refractivity contribution in [1.82, 2.24) is 0 Å². The summed E-state index contributed by atoms with van der Waals surface area (Å²) in [4.78, 5) is 12.0. The highest BCUT2D eigenvalue weighted by Gasteiger charge is 2.08. The third kappa shape index (κ3) is 4.25. The summed E-state index contributed by atoms with van der Waals surface area (Å²) in [5.41, 5.74) is 2.73. The molecule has 2 aromatic rings. The lowest BCUT2D eigenvalue weighted by Gasteiger charge is -2.12. The van der Waals surface area contributed by atoms with Crippen molar-refractivity contribution in [1.29, 1.82) is 0 Å². The Morgan fingerprint density at radius 1 is 1.05 bits per heavy atom. The fourth-order valence-electron chi connectivity index (χ4n) is 2.19. The van der Waals surface area contributed by atoms with Crippen LogP contribution in [0.2, 0.25) is 0 Å². The Morgan fingerprint density at radius 3 is 2.41 bits per heavy atom. The maximum Gasteiger partial charge on any atom is 0.262 e. The van der Waals surface area contributed by atoms with Gasteiger partial charge in [-0.2, -0.15) is 0 Å². The Bertz CT molecular complexity index is 632. The number of anilines is 1. The molecule has 116 valence electrons. The first-order valence-corrected chi connectivity index (χ1v) is 7.32. The molecule has 1 N–H and O–H groups in total. The van der Waals surface area contributed by atoms with Crippen molar-refractivity contribution in [3.63, 3.8) is 0 Å². The number of nitrogens with one attached hydrogen (secondary N) is 1. The first-order valence-electron chi connectivity index (χ1n) is 7.32. The van der Waals surface area contributed by atoms with E-state index in [9.17, 15) is 4.79 Å². The normalized spacial score (nSPS) is 10.1. The average Bonchev–Trinajstić information content (AvgIpc) is 2.47. The molecule has 0 saturated carbocycles. The number of amides is 1. The second-order valence-electron chi connectivity index (χ2n) is 5.02. The molecule has 0 heterocycles. The zero-order valence-electron chi connectivity index (χ0n) is 13.2. The van der Waals surface area contributed by atoms with Gasteiger partial charge < -0.3 is 14.8 Å². The molecular weight excluding hydrogens is 278 g/mol. The van der Waals surface area contributed by atoms with Crippen molar-refractivity contribution in [2.75, 3.05) is 18.5 Å². The molecule has 4 heteroatoms. The summed E-state index contributed by atoms with van der Waals surface area (Å²) < 4.78 is 11.0. The van der Waals surface area contributed by atoms with Crippen LogP contribution in [-0.4, -0.2) is 19.1 Å². The van der Waals surface area contributed by atoms with Crippen LogP contribution in [0.25, 0.3) is 0 Å². The van der Waals surface area contributed by atoms with Crippen molar-refractivity contribution < 1.29 is 14.3 Å². The highest BCUT2D eigenvalue weighted by Crippen LogP contribution is 2.22. The van der Waals surface area contributed by atoms with Gasteiger partial charge in [0.25, 0.3) is 5.91 Å². The number of aryl methyl sites for hydroxylation is 2. The van der Waals surface area contributed by atoms with Crippen molar-refractivity contribution in [3.05, 3.63) is 53.6 Å². The molecule has 2 aromatic carbocycles. The molecular formula is C18H21NO3. The molecule has 0 aliphatic heterocycles. The van der Waals surface area contributed by atoms with Gasteiger partial charge in [0.1, 0.15) is 11.5 Å². The quantitative estimate of drug-likeness (QED) is 0.884. The number of hydrogen-bond acceptors (Lipinski definition) is 3. The standard InChI is InChI=1S/C18H21NO3/c1-4-21-16-10-6-9-15(11-16)19-17(20)12-22-18-13(2)7-5-8-14(18)3/h5-11H,4,12H2,1-3H3,(H,19,20). The lowest BCUT2D eigenvalue weighted by molar-refractivity contribution is -0.118. The van der Waals surface area contributed by atoms with E-state index in [2.05, 4.69) is 5.32 Å². The molecule has 1 amide bonds. The third-order valence-electron chi connectivity index (χ3n) is 3.19. The lowest BCUT2D eigenvalue weighted by Crippen LogP contribution is -2.20. The zero-order valence-corrected chi connectivity index (χ0v) is 13.2. The van der Waals surface area contributed by atoms with Crippen LogP contribution in [0.3, 0.4) is 0 Å². The topological polar surface area (TPSA) is 47.6 Å². The van der Waals surface area contributed by atoms with E-state index in [1.807, 2.05) is 57.2 Å². The Hall–Kier alpha value is -2.49. The number of hydrogen-bond donors (Lipinski definition) is 1. The van der Waals surface area contributed by atoms with Crippen LogP contribution in [0.4, 0.5) is 5.69 Å². The van der Waals surface area contributed by atoms with Crippen LogP contribution >= 0.6 is 0 Å². The molecule has 0 aromatic heterocycles. The molecule has 0 unspecified atom stereocenters. The highest BCUT2D eigenvalue weighted by molar-refractivity contribution is 5.92. The molecule has 0 aliphatic rings. The maximum atomic E-state index is 12.0. The van der Waals surface area contributed by atoms with Gasteiger partial charge in [-0.15, -0.1) is 0 Å².